The van der Waals surface area contributed by atoms with E-state index in [1.807, 2.05) is 6.92 Å². The van der Waals surface area contributed by atoms with Crippen molar-refractivity contribution in [2.45, 2.75) is 25.8 Å². The predicted octanol–water partition coefficient (Wildman–Crippen LogP) is 1.30. The summed E-state index contributed by atoms with van der Waals surface area (Å²) in [4.78, 5) is 26.3. The molecular weight excluding hydrogens is 352 g/mol. The molecule has 0 aliphatic carbocycles. The molecule has 130 valence electrons. The number of carbonyl (C=O) groups excluding carboxylic acids is 2. The lowest BCUT2D eigenvalue weighted by Crippen LogP contribution is -2.40. The first kappa shape index (κ1) is 17.2. The van der Waals surface area contributed by atoms with Crippen molar-refractivity contribution in [3.05, 3.63) is 28.8 Å². The van der Waals surface area contributed by atoms with Gasteiger partial charge in [0.1, 0.15) is 0 Å². The predicted molar refractivity (Wildman–Crippen MR) is 91.9 cm³/mol. The van der Waals surface area contributed by atoms with E-state index >= 15 is 0 Å². The van der Waals surface area contributed by atoms with Gasteiger partial charge >= 0.3 is 0 Å². The first-order valence-corrected chi connectivity index (χ1v) is 10.0. The van der Waals surface area contributed by atoms with Crippen LogP contribution in [0.2, 0.25) is 5.02 Å². The second kappa shape index (κ2) is 6.37. The van der Waals surface area contributed by atoms with Gasteiger partial charge in [0.2, 0.25) is 11.8 Å². The van der Waals surface area contributed by atoms with Crippen LogP contribution in [0.5, 0.6) is 0 Å². The number of sulfone groups is 1. The maximum atomic E-state index is 12.4. The molecule has 2 unspecified atom stereocenters. The lowest BCUT2D eigenvalue weighted by molar-refractivity contribution is -0.126. The summed E-state index contributed by atoms with van der Waals surface area (Å²) >= 11 is 5.94. The second-order valence-corrected chi connectivity index (χ2v) is 9.11. The van der Waals surface area contributed by atoms with Gasteiger partial charge < -0.3 is 10.2 Å². The van der Waals surface area contributed by atoms with Gasteiger partial charge in [-0.3, -0.25) is 9.59 Å². The van der Waals surface area contributed by atoms with Crippen LogP contribution in [0.4, 0.5) is 5.69 Å². The van der Waals surface area contributed by atoms with Gasteiger partial charge in [-0.15, -0.1) is 0 Å². The second-order valence-electron chi connectivity index (χ2n) is 6.44. The highest BCUT2D eigenvalue weighted by Crippen LogP contribution is 2.30. The Morgan fingerprint density at radius 2 is 2.12 bits per heavy atom. The van der Waals surface area contributed by atoms with Crippen molar-refractivity contribution < 1.29 is 18.0 Å². The van der Waals surface area contributed by atoms with Gasteiger partial charge in [0.05, 0.1) is 17.4 Å². The summed E-state index contributed by atoms with van der Waals surface area (Å²) in [5.41, 5.74) is 1.63. The van der Waals surface area contributed by atoms with Crippen LogP contribution in [-0.2, 0) is 19.4 Å². The molecule has 1 aromatic carbocycles. The number of anilines is 1. The zero-order chi connectivity index (χ0) is 17.5. The van der Waals surface area contributed by atoms with Crippen LogP contribution in [0.1, 0.15) is 18.4 Å². The van der Waals surface area contributed by atoms with Crippen LogP contribution in [-0.4, -0.2) is 44.3 Å². The minimum atomic E-state index is -3.04. The Labute approximate surface area is 146 Å². The summed E-state index contributed by atoms with van der Waals surface area (Å²) < 4.78 is 22.9. The topological polar surface area (TPSA) is 83.6 Å². The molecule has 0 saturated carbocycles. The largest absolute Gasteiger partial charge is 0.352 e. The van der Waals surface area contributed by atoms with Crippen LogP contribution in [0.25, 0.3) is 0 Å². The van der Waals surface area contributed by atoms with E-state index < -0.39 is 15.8 Å². The molecule has 24 heavy (non-hydrogen) atoms. The third-order valence-corrected chi connectivity index (χ3v) is 6.53. The highest BCUT2D eigenvalue weighted by Gasteiger charge is 2.37. The van der Waals surface area contributed by atoms with Gasteiger partial charge in [-0.1, -0.05) is 11.6 Å². The number of amides is 2. The highest BCUT2D eigenvalue weighted by atomic mass is 35.5. The molecule has 8 heteroatoms. The monoisotopic (exact) mass is 370 g/mol. The van der Waals surface area contributed by atoms with Crippen LogP contribution >= 0.6 is 11.6 Å². The molecule has 6 nitrogen and oxygen atoms in total. The summed E-state index contributed by atoms with van der Waals surface area (Å²) in [6.07, 6.45) is 0.572. The summed E-state index contributed by atoms with van der Waals surface area (Å²) in [7, 11) is -3.04. The van der Waals surface area contributed by atoms with Gasteiger partial charge in [0.25, 0.3) is 0 Å². The Bertz CT molecular complexity index is 793. The average molecular weight is 371 g/mol. The van der Waals surface area contributed by atoms with E-state index in [-0.39, 0.29) is 35.8 Å². The fraction of sp³-hybridized carbons (Fsp3) is 0.500. The Hall–Kier alpha value is -1.60. The molecule has 0 aromatic heterocycles. The number of hydrogen-bond acceptors (Lipinski definition) is 4. The third kappa shape index (κ3) is 3.57. The van der Waals surface area contributed by atoms with Crippen LogP contribution < -0.4 is 10.2 Å². The third-order valence-electron chi connectivity index (χ3n) is 4.52. The number of aryl methyl sites for hydroxylation is 1. The quantitative estimate of drug-likeness (QED) is 0.869. The van der Waals surface area contributed by atoms with E-state index in [0.717, 1.165) is 11.3 Å². The van der Waals surface area contributed by atoms with Gasteiger partial charge in [-0.25, -0.2) is 8.42 Å². The highest BCUT2D eigenvalue weighted by molar-refractivity contribution is 7.91. The molecule has 2 fully saturated rings. The fourth-order valence-corrected chi connectivity index (χ4v) is 5.17. The van der Waals surface area contributed by atoms with Crippen molar-refractivity contribution in [3.8, 4) is 0 Å². The Balaban J connectivity index is 1.67. The molecule has 2 saturated heterocycles. The SMILES string of the molecule is Cc1cc(Cl)ccc1N1CC(C(=O)NC2CCS(=O)(=O)C2)CC1=O. The van der Waals surface area contributed by atoms with Crippen molar-refractivity contribution in [2.24, 2.45) is 5.92 Å². The number of hydrogen-bond donors (Lipinski definition) is 1. The summed E-state index contributed by atoms with van der Waals surface area (Å²) in [6.45, 7) is 2.16. The van der Waals surface area contributed by atoms with Gasteiger partial charge in [0.15, 0.2) is 9.84 Å². The molecule has 2 aliphatic heterocycles. The molecule has 0 radical (unpaired) electrons. The Morgan fingerprint density at radius 1 is 1.38 bits per heavy atom. The normalized spacial score (nSPS) is 25.9. The number of halogens is 1. The van der Waals surface area contributed by atoms with Gasteiger partial charge in [-0.2, -0.15) is 0 Å². The van der Waals surface area contributed by atoms with E-state index in [1.165, 1.54) is 0 Å². The van der Waals surface area contributed by atoms with Crippen molar-refractivity contribution >= 4 is 38.9 Å². The smallest absolute Gasteiger partial charge is 0.227 e. The number of carbonyl (C=O) groups is 2. The maximum Gasteiger partial charge on any atom is 0.227 e. The Kier molecular flexibility index (Phi) is 4.57. The number of rotatable bonds is 3. The first-order valence-electron chi connectivity index (χ1n) is 7.82. The van der Waals surface area contributed by atoms with E-state index in [9.17, 15) is 18.0 Å². The van der Waals surface area contributed by atoms with E-state index in [4.69, 9.17) is 11.6 Å². The molecule has 2 atom stereocenters. The van der Waals surface area contributed by atoms with Gasteiger partial charge in [0, 0.05) is 29.7 Å². The molecule has 1 N–H and O–H groups in total. The maximum absolute atomic E-state index is 12.4. The van der Waals surface area contributed by atoms with E-state index in [1.54, 1.807) is 23.1 Å². The number of nitrogens with zero attached hydrogens (tertiary/aromatic N) is 1. The molecule has 0 spiro atoms. The lowest BCUT2D eigenvalue weighted by Gasteiger charge is -2.20. The molecule has 2 amide bonds. The van der Waals surface area contributed by atoms with Crippen LogP contribution in [0, 0.1) is 12.8 Å². The summed E-state index contributed by atoms with van der Waals surface area (Å²) in [5, 5.41) is 3.37. The first-order chi connectivity index (χ1) is 11.2. The van der Waals surface area contributed by atoms with Gasteiger partial charge in [-0.05, 0) is 37.1 Å². The molecule has 2 aliphatic rings. The summed E-state index contributed by atoms with van der Waals surface area (Å²) in [6, 6.07) is 4.93. The van der Waals surface area contributed by atoms with Crippen molar-refractivity contribution in [3.63, 3.8) is 0 Å². The summed E-state index contributed by atoms with van der Waals surface area (Å²) in [5.74, 6) is -0.730. The average Bonchev–Trinajstić information content (AvgIpc) is 3.02. The molecule has 2 heterocycles. The van der Waals surface area contributed by atoms with E-state index in [2.05, 4.69) is 5.32 Å². The molecule has 3 rings (SSSR count). The number of nitrogens with one attached hydrogen (secondary N) is 1. The molecule has 0 bridgehead atoms. The zero-order valence-electron chi connectivity index (χ0n) is 13.3. The fourth-order valence-electron chi connectivity index (χ4n) is 3.27. The zero-order valence-corrected chi connectivity index (χ0v) is 14.9. The van der Waals surface area contributed by atoms with Crippen LogP contribution in [0.15, 0.2) is 18.2 Å². The Morgan fingerprint density at radius 3 is 2.75 bits per heavy atom. The molecular formula is C16H19ClN2O4S. The standard InChI is InChI=1S/C16H19ClN2O4S/c1-10-6-12(17)2-3-14(10)19-8-11(7-15(19)20)16(21)18-13-4-5-24(22,23)9-13/h2-3,6,11,13H,4-5,7-9H2,1H3,(H,18,21). The molecule has 1 aromatic rings. The minimum absolute atomic E-state index is 0.0145. The van der Waals surface area contributed by atoms with E-state index in [0.29, 0.717) is 18.0 Å². The minimum Gasteiger partial charge on any atom is -0.352 e. The number of benzene rings is 1. The van der Waals surface area contributed by atoms with Crippen molar-refractivity contribution in [1.82, 2.24) is 5.32 Å². The van der Waals surface area contributed by atoms with Crippen molar-refractivity contribution in [2.75, 3.05) is 23.0 Å². The lowest BCUT2D eigenvalue weighted by atomic mass is 10.1. The van der Waals surface area contributed by atoms with Crippen LogP contribution in [0.3, 0.4) is 0 Å². The van der Waals surface area contributed by atoms with Crippen molar-refractivity contribution in [1.29, 1.82) is 0 Å².